The van der Waals surface area contributed by atoms with Gasteiger partial charge in [-0.3, -0.25) is 0 Å². The number of piperidine rings is 1. The fourth-order valence-corrected chi connectivity index (χ4v) is 3.97. The molecule has 5 heteroatoms. The van der Waals surface area contributed by atoms with E-state index in [2.05, 4.69) is 17.0 Å². The first-order valence-corrected chi connectivity index (χ1v) is 9.41. The minimum atomic E-state index is -0.275. The average Bonchev–Trinajstić information content (AvgIpc) is 2.63. The van der Waals surface area contributed by atoms with E-state index in [-0.39, 0.29) is 17.8 Å². The molecule has 1 spiro atoms. The summed E-state index contributed by atoms with van der Waals surface area (Å²) in [6.45, 7) is 5.00. The summed E-state index contributed by atoms with van der Waals surface area (Å²) in [5.41, 5.74) is 1.00. The van der Waals surface area contributed by atoms with Gasteiger partial charge in [0.25, 0.3) is 0 Å². The van der Waals surface area contributed by atoms with Crippen LogP contribution in [-0.2, 0) is 14.2 Å². The molecule has 2 atom stereocenters. The van der Waals surface area contributed by atoms with Crippen molar-refractivity contribution < 1.29 is 19.3 Å². The lowest BCUT2D eigenvalue weighted by atomic mass is 9.81. The van der Waals surface area contributed by atoms with Crippen molar-refractivity contribution >= 4 is 0 Å². The second-order valence-corrected chi connectivity index (χ2v) is 7.24. The van der Waals surface area contributed by atoms with Gasteiger partial charge >= 0.3 is 0 Å². The summed E-state index contributed by atoms with van der Waals surface area (Å²) in [7, 11) is 1.69. The summed E-state index contributed by atoms with van der Waals surface area (Å²) in [4.78, 5) is 2.43. The highest BCUT2D eigenvalue weighted by molar-refractivity contribution is 5.19. The van der Waals surface area contributed by atoms with Crippen LogP contribution < -0.4 is 0 Å². The Morgan fingerprint density at radius 3 is 2.64 bits per heavy atom. The molecule has 2 saturated heterocycles. The van der Waals surface area contributed by atoms with Crippen molar-refractivity contribution in [2.24, 2.45) is 0 Å². The van der Waals surface area contributed by atoms with E-state index in [1.54, 1.807) is 7.11 Å². The van der Waals surface area contributed by atoms with Crippen molar-refractivity contribution in [3.63, 3.8) is 0 Å². The van der Waals surface area contributed by atoms with Crippen molar-refractivity contribution in [3.8, 4) is 0 Å². The summed E-state index contributed by atoms with van der Waals surface area (Å²) in [6.07, 6.45) is 3.14. The van der Waals surface area contributed by atoms with Gasteiger partial charge in [0.05, 0.1) is 37.6 Å². The Morgan fingerprint density at radius 2 is 1.92 bits per heavy atom. The van der Waals surface area contributed by atoms with Crippen LogP contribution in [0, 0.1) is 0 Å². The topological polar surface area (TPSA) is 51.2 Å². The van der Waals surface area contributed by atoms with Crippen molar-refractivity contribution in [3.05, 3.63) is 35.9 Å². The number of methoxy groups -OCH3 is 1. The number of rotatable bonds is 7. The van der Waals surface area contributed by atoms with Crippen LogP contribution in [0.25, 0.3) is 0 Å². The van der Waals surface area contributed by atoms with Gasteiger partial charge in [-0.05, 0) is 18.4 Å². The predicted octanol–water partition coefficient (Wildman–Crippen LogP) is 2.40. The standard InChI is InChI=1S/C20H31NO4/c1-23-13-14-24-12-11-21-9-7-20(8-10-21)16-18(22)15-19(25-20)17-5-3-2-4-6-17/h2-6,18-19,22H,7-16H2,1H3/t18-,19-/m1/s1. The van der Waals surface area contributed by atoms with Gasteiger partial charge < -0.3 is 24.2 Å². The smallest absolute Gasteiger partial charge is 0.0857 e. The van der Waals surface area contributed by atoms with E-state index in [1.165, 1.54) is 5.56 Å². The number of nitrogens with zero attached hydrogens (tertiary/aromatic N) is 1. The van der Waals surface area contributed by atoms with Gasteiger partial charge in [0.2, 0.25) is 0 Å². The second-order valence-electron chi connectivity index (χ2n) is 7.24. The third kappa shape index (κ3) is 5.25. The van der Waals surface area contributed by atoms with E-state index >= 15 is 0 Å². The Balaban J connectivity index is 1.49. The maximum absolute atomic E-state index is 10.4. The zero-order chi connectivity index (χ0) is 17.5. The number of aliphatic hydroxyl groups excluding tert-OH is 1. The van der Waals surface area contributed by atoms with Gasteiger partial charge in [-0.15, -0.1) is 0 Å². The largest absolute Gasteiger partial charge is 0.393 e. The van der Waals surface area contributed by atoms with E-state index in [0.29, 0.717) is 19.6 Å². The zero-order valence-electron chi connectivity index (χ0n) is 15.2. The lowest BCUT2D eigenvalue weighted by molar-refractivity contribution is -0.184. The lowest BCUT2D eigenvalue weighted by Gasteiger charge is -2.48. The average molecular weight is 349 g/mol. The molecule has 1 aromatic rings. The molecule has 3 rings (SSSR count). The number of hydrogen-bond acceptors (Lipinski definition) is 5. The molecule has 0 unspecified atom stereocenters. The highest BCUT2D eigenvalue weighted by Gasteiger charge is 2.43. The summed E-state index contributed by atoms with van der Waals surface area (Å²) in [6, 6.07) is 10.3. The molecule has 140 valence electrons. The Morgan fingerprint density at radius 1 is 1.16 bits per heavy atom. The molecule has 0 bridgehead atoms. The molecule has 0 aromatic heterocycles. The Labute approximate surface area is 150 Å². The Bertz CT molecular complexity index is 502. The van der Waals surface area contributed by atoms with Gasteiger partial charge in [-0.25, -0.2) is 0 Å². The maximum atomic E-state index is 10.4. The van der Waals surface area contributed by atoms with E-state index < -0.39 is 0 Å². The molecule has 1 aromatic carbocycles. The van der Waals surface area contributed by atoms with Gasteiger partial charge in [0, 0.05) is 39.6 Å². The highest BCUT2D eigenvalue weighted by atomic mass is 16.5. The normalized spacial score (nSPS) is 26.8. The molecule has 2 aliphatic heterocycles. The van der Waals surface area contributed by atoms with Gasteiger partial charge in [0.1, 0.15) is 0 Å². The van der Waals surface area contributed by atoms with Crippen molar-refractivity contribution in [1.29, 1.82) is 0 Å². The number of likely N-dealkylation sites (tertiary alicyclic amines) is 1. The number of hydrogen-bond donors (Lipinski definition) is 1. The fraction of sp³-hybridized carbons (Fsp3) is 0.700. The SMILES string of the molecule is COCCOCCN1CCC2(CC1)C[C@H](O)C[C@H](c1ccccc1)O2. The third-order valence-electron chi connectivity index (χ3n) is 5.41. The summed E-state index contributed by atoms with van der Waals surface area (Å²) in [5, 5.41) is 10.4. The maximum Gasteiger partial charge on any atom is 0.0857 e. The molecule has 2 heterocycles. The molecule has 1 N–H and O–H groups in total. The second kappa shape index (κ2) is 9.10. The Hall–Kier alpha value is -0.980. The third-order valence-corrected chi connectivity index (χ3v) is 5.41. The van der Waals surface area contributed by atoms with Crippen LogP contribution in [0.3, 0.4) is 0 Å². The first-order valence-electron chi connectivity index (χ1n) is 9.41. The monoisotopic (exact) mass is 349 g/mol. The van der Waals surface area contributed by atoms with Crippen LogP contribution in [0.2, 0.25) is 0 Å². The quantitative estimate of drug-likeness (QED) is 0.766. The van der Waals surface area contributed by atoms with Crippen LogP contribution in [0.15, 0.2) is 30.3 Å². The number of aliphatic hydroxyl groups is 1. The van der Waals surface area contributed by atoms with Crippen LogP contribution in [0.5, 0.6) is 0 Å². The minimum Gasteiger partial charge on any atom is -0.393 e. The van der Waals surface area contributed by atoms with Crippen molar-refractivity contribution in [1.82, 2.24) is 4.90 Å². The molecular formula is C20H31NO4. The van der Waals surface area contributed by atoms with Crippen LogP contribution in [-0.4, -0.2) is 68.3 Å². The van der Waals surface area contributed by atoms with Crippen molar-refractivity contribution in [2.45, 2.75) is 43.5 Å². The summed E-state index contributed by atoms with van der Waals surface area (Å²) >= 11 is 0. The first-order chi connectivity index (χ1) is 12.2. The molecule has 0 radical (unpaired) electrons. The molecular weight excluding hydrogens is 318 g/mol. The predicted molar refractivity (Wildman–Crippen MR) is 96.6 cm³/mol. The van der Waals surface area contributed by atoms with Crippen LogP contribution in [0.1, 0.15) is 37.4 Å². The van der Waals surface area contributed by atoms with Gasteiger partial charge in [0.15, 0.2) is 0 Å². The lowest BCUT2D eigenvalue weighted by Crippen LogP contribution is -2.51. The van der Waals surface area contributed by atoms with E-state index in [9.17, 15) is 5.11 Å². The number of benzene rings is 1. The van der Waals surface area contributed by atoms with Gasteiger partial charge in [-0.1, -0.05) is 30.3 Å². The van der Waals surface area contributed by atoms with Crippen LogP contribution in [0.4, 0.5) is 0 Å². The summed E-state index contributed by atoms with van der Waals surface area (Å²) in [5.74, 6) is 0. The molecule has 5 nitrogen and oxygen atoms in total. The van der Waals surface area contributed by atoms with E-state index in [1.807, 2.05) is 18.2 Å². The molecule has 0 saturated carbocycles. The van der Waals surface area contributed by atoms with Crippen LogP contribution >= 0.6 is 0 Å². The zero-order valence-corrected chi connectivity index (χ0v) is 15.2. The van der Waals surface area contributed by atoms with E-state index in [0.717, 1.165) is 45.5 Å². The van der Waals surface area contributed by atoms with E-state index in [4.69, 9.17) is 14.2 Å². The minimum absolute atomic E-state index is 0.00822. The highest BCUT2D eigenvalue weighted by Crippen LogP contribution is 2.42. The molecule has 2 fully saturated rings. The Kier molecular flexibility index (Phi) is 6.84. The first kappa shape index (κ1) is 18.8. The summed E-state index contributed by atoms with van der Waals surface area (Å²) < 4.78 is 17.1. The van der Waals surface area contributed by atoms with Gasteiger partial charge in [-0.2, -0.15) is 0 Å². The molecule has 0 amide bonds. The molecule has 2 aliphatic rings. The van der Waals surface area contributed by atoms with Crippen molar-refractivity contribution in [2.75, 3.05) is 46.6 Å². The fourth-order valence-electron chi connectivity index (χ4n) is 3.97. The molecule has 0 aliphatic carbocycles. The number of ether oxygens (including phenoxy) is 3. The molecule has 25 heavy (non-hydrogen) atoms.